The summed E-state index contributed by atoms with van der Waals surface area (Å²) >= 11 is 0. The van der Waals surface area contributed by atoms with Crippen LogP contribution in [0.4, 0.5) is 5.69 Å². The van der Waals surface area contributed by atoms with Crippen molar-refractivity contribution >= 4 is 49.3 Å². The Balaban J connectivity index is 1.19. The molecule has 2 aromatic heterocycles. The van der Waals surface area contributed by atoms with Gasteiger partial charge in [-0.2, -0.15) is 5.26 Å². The van der Waals surface area contributed by atoms with E-state index in [0.29, 0.717) is 11.3 Å². The van der Waals surface area contributed by atoms with Gasteiger partial charge < -0.3 is 9.13 Å². The van der Waals surface area contributed by atoms with Gasteiger partial charge in [0.05, 0.1) is 40.4 Å². The van der Waals surface area contributed by atoms with E-state index in [1.807, 2.05) is 42.5 Å². The zero-order valence-electron chi connectivity index (χ0n) is 25.8. The van der Waals surface area contributed by atoms with Gasteiger partial charge in [0, 0.05) is 38.3 Å². The highest BCUT2D eigenvalue weighted by Crippen LogP contribution is 2.40. The van der Waals surface area contributed by atoms with Crippen molar-refractivity contribution in [3.63, 3.8) is 0 Å². The van der Waals surface area contributed by atoms with E-state index in [4.69, 9.17) is 6.57 Å². The predicted molar refractivity (Wildman–Crippen MR) is 197 cm³/mol. The predicted octanol–water partition coefficient (Wildman–Crippen LogP) is 11.6. The first kappa shape index (κ1) is 27.4. The van der Waals surface area contributed by atoms with Gasteiger partial charge in [0.2, 0.25) is 0 Å². The van der Waals surface area contributed by atoms with Gasteiger partial charge in [-0.1, -0.05) is 109 Å². The molecule has 0 saturated carbocycles. The molecule has 0 unspecified atom stereocenters. The number of benzene rings is 7. The van der Waals surface area contributed by atoms with Crippen LogP contribution in [0.1, 0.15) is 5.56 Å². The molecule has 0 N–H and O–H groups in total. The molecule has 0 fully saturated rings. The van der Waals surface area contributed by atoms with Gasteiger partial charge in [-0.15, -0.1) is 0 Å². The smallest absolute Gasteiger partial charge is 0.189 e. The molecule has 0 aliphatic rings. The molecule has 0 aliphatic carbocycles. The Bertz CT molecular complexity index is 2750. The average molecular weight is 611 g/mol. The highest BCUT2D eigenvalue weighted by Gasteiger charge is 2.19. The molecule has 9 aromatic rings. The average Bonchev–Trinajstić information content (AvgIpc) is 3.67. The molecule has 0 saturated heterocycles. The van der Waals surface area contributed by atoms with Gasteiger partial charge in [0.1, 0.15) is 0 Å². The Labute approximate surface area is 277 Å². The molecule has 0 spiro atoms. The molecule has 0 aliphatic heterocycles. The number of hydrogen-bond acceptors (Lipinski definition) is 1. The lowest BCUT2D eigenvalue weighted by molar-refractivity contribution is 1.18. The van der Waals surface area contributed by atoms with Crippen molar-refractivity contribution in [2.24, 2.45) is 0 Å². The molecular formula is C44H26N4. The van der Waals surface area contributed by atoms with Crippen LogP contribution in [0.15, 0.2) is 158 Å². The Morgan fingerprint density at radius 1 is 0.479 bits per heavy atom. The molecule has 4 nitrogen and oxygen atoms in total. The molecule has 0 radical (unpaired) electrons. The van der Waals surface area contributed by atoms with Crippen molar-refractivity contribution in [2.75, 3.05) is 0 Å². The minimum absolute atomic E-state index is 0.581. The standard InChI is InChI=1S/C44H26N4/c1-46-33-24-25-38-37-15-4-7-18-41(37)48(43(38)27-33)42-19-9-11-32(28-45)44(42)30-22-20-29(21-23-30)31-10-8-12-34(26-31)47-39-16-5-2-13-35(39)36-14-3-6-17-40(36)47/h2-27H. The fraction of sp³-hybridized carbons (Fsp3) is 0. The van der Waals surface area contributed by atoms with Crippen molar-refractivity contribution in [3.05, 3.63) is 175 Å². The van der Waals surface area contributed by atoms with Crippen molar-refractivity contribution in [1.29, 1.82) is 5.26 Å². The highest BCUT2D eigenvalue weighted by atomic mass is 15.0. The van der Waals surface area contributed by atoms with E-state index in [9.17, 15) is 5.26 Å². The molecule has 2 heterocycles. The van der Waals surface area contributed by atoms with E-state index in [2.05, 4.69) is 135 Å². The zero-order valence-corrected chi connectivity index (χ0v) is 25.8. The Kier molecular flexibility index (Phi) is 6.22. The normalized spacial score (nSPS) is 11.3. The minimum atomic E-state index is 0.581. The second-order valence-electron chi connectivity index (χ2n) is 12.0. The molecule has 4 heteroatoms. The second kappa shape index (κ2) is 10.9. The molecular weight excluding hydrogens is 585 g/mol. The van der Waals surface area contributed by atoms with Crippen LogP contribution >= 0.6 is 0 Å². The summed E-state index contributed by atoms with van der Waals surface area (Å²) in [5.41, 5.74) is 11.6. The first-order chi connectivity index (χ1) is 23.7. The van der Waals surface area contributed by atoms with Crippen LogP contribution in [0.5, 0.6) is 0 Å². The molecule has 7 aromatic carbocycles. The summed E-state index contributed by atoms with van der Waals surface area (Å²) in [4.78, 5) is 3.71. The van der Waals surface area contributed by atoms with Gasteiger partial charge in [0.15, 0.2) is 5.69 Å². The van der Waals surface area contributed by atoms with Gasteiger partial charge in [-0.3, -0.25) is 0 Å². The van der Waals surface area contributed by atoms with Gasteiger partial charge in [0.25, 0.3) is 0 Å². The number of hydrogen-bond donors (Lipinski definition) is 0. The van der Waals surface area contributed by atoms with E-state index >= 15 is 0 Å². The lowest BCUT2D eigenvalue weighted by Gasteiger charge is -2.16. The van der Waals surface area contributed by atoms with Gasteiger partial charge in [-0.05, 0) is 65.2 Å². The summed E-state index contributed by atoms with van der Waals surface area (Å²) in [6.07, 6.45) is 0. The van der Waals surface area contributed by atoms with Crippen LogP contribution in [-0.4, -0.2) is 9.13 Å². The molecule has 0 amide bonds. The van der Waals surface area contributed by atoms with Crippen molar-refractivity contribution in [3.8, 4) is 39.7 Å². The third-order valence-corrected chi connectivity index (χ3v) is 9.38. The summed E-state index contributed by atoms with van der Waals surface area (Å²) in [6.45, 7) is 7.66. The van der Waals surface area contributed by atoms with Gasteiger partial charge >= 0.3 is 0 Å². The lowest BCUT2D eigenvalue weighted by Crippen LogP contribution is -1.99. The van der Waals surface area contributed by atoms with E-state index in [-0.39, 0.29) is 0 Å². The van der Waals surface area contributed by atoms with Crippen molar-refractivity contribution in [2.45, 2.75) is 0 Å². The van der Waals surface area contributed by atoms with Crippen LogP contribution in [0.3, 0.4) is 0 Å². The van der Waals surface area contributed by atoms with Crippen molar-refractivity contribution in [1.82, 2.24) is 9.13 Å². The first-order valence-electron chi connectivity index (χ1n) is 15.9. The Morgan fingerprint density at radius 2 is 1.06 bits per heavy atom. The largest absolute Gasteiger partial charge is 0.310 e. The summed E-state index contributed by atoms with van der Waals surface area (Å²) in [5, 5.41) is 15.0. The summed E-state index contributed by atoms with van der Waals surface area (Å²) in [6, 6.07) is 56.7. The zero-order chi connectivity index (χ0) is 32.2. The van der Waals surface area contributed by atoms with Crippen molar-refractivity contribution < 1.29 is 0 Å². The number of rotatable bonds is 4. The quantitative estimate of drug-likeness (QED) is 0.183. The minimum Gasteiger partial charge on any atom is -0.310 e. The third kappa shape index (κ3) is 4.14. The summed E-state index contributed by atoms with van der Waals surface area (Å²) < 4.78 is 4.53. The number of nitriles is 1. The number of aromatic nitrogens is 2. The second-order valence-corrected chi connectivity index (χ2v) is 12.0. The van der Waals surface area contributed by atoms with Crippen LogP contribution in [0.2, 0.25) is 0 Å². The van der Waals surface area contributed by atoms with E-state index in [1.54, 1.807) is 0 Å². The molecule has 9 rings (SSSR count). The fourth-order valence-corrected chi connectivity index (χ4v) is 7.27. The SMILES string of the molecule is [C-]#[N+]c1ccc2c3ccccc3n(-c3cccc(C#N)c3-c3ccc(-c4cccc(-n5c6ccccc6c6ccccc65)c4)cc3)c2c1. The topological polar surface area (TPSA) is 38.0 Å². The van der Waals surface area contributed by atoms with E-state index in [0.717, 1.165) is 55.4 Å². The first-order valence-corrected chi connectivity index (χ1v) is 15.9. The number of nitrogens with zero attached hydrogens (tertiary/aromatic N) is 4. The third-order valence-electron chi connectivity index (χ3n) is 9.38. The van der Waals surface area contributed by atoms with Crippen LogP contribution in [0, 0.1) is 17.9 Å². The maximum atomic E-state index is 10.3. The monoisotopic (exact) mass is 610 g/mol. The fourth-order valence-electron chi connectivity index (χ4n) is 7.27. The van der Waals surface area contributed by atoms with E-state index in [1.165, 1.54) is 21.8 Å². The number of fused-ring (bicyclic) bond motifs is 6. The lowest BCUT2D eigenvalue weighted by atomic mass is 9.95. The van der Waals surface area contributed by atoms with Crippen LogP contribution in [0.25, 0.3) is 82.1 Å². The summed E-state index contributed by atoms with van der Waals surface area (Å²) in [7, 11) is 0. The van der Waals surface area contributed by atoms with Crippen LogP contribution < -0.4 is 0 Å². The molecule has 48 heavy (non-hydrogen) atoms. The summed E-state index contributed by atoms with van der Waals surface area (Å²) in [5.74, 6) is 0. The van der Waals surface area contributed by atoms with Gasteiger partial charge in [-0.25, -0.2) is 4.85 Å². The van der Waals surface area contributed by atoms with Crippen LogP contribution in [-0.2, 0) is 0 Å². The number of para-hydroxylation sites is 3. The molecule has 222 valence electrons. The maximum absolute atomic E-state index is 10.3. The highest BCUT2D eigenvalue weighted by molar-refractivity contribution is 6.11. The Hall–Kier alpha value is -6.88. The Morgan fingerprint density at radius 3 is 1.71 bits per heavy atom. The molecule has 0 atom stereocenters. The molecule has 0 bridgehead atoms. The maximum Gasteiger partial charge on any atom is 0.189 e. The van der Waals surface area contributed by atoms with E-state index < -0.39 is 0 Å².